The molecule has 1 heterocycles. The molecule has 60 heavy (non-hydrogen) atoms. The minimum absolute atomic E-state index is 0. The summed E-state index contributed by atoms with van der Waals surface area (Å²) in [7, 11) is -2.46. The van der Waals surface area contributed by atoms with Crippen molar-refractivity contribution >= 4 is 29.6 Å². The van der Waals surface area contributed by atoms with E-state index in [2.05, 4.69) is 173 Å². The molecule has 4 heteroatoms. The maximum atomic E-state index is 2.71. The molecule has 9 rings (SSSR count). The molecule has 4 bridgehead atoms. The van der Waals surface area contributed by atoms with Gasteiger partial charge < -0.3 is 24.8 Å². The number of aryl methyl sites for hydroxylation is 2. The largest absolute Gasteiger partial charge is 1.00 e. The van der Waals surface area contributed by atoms with Crippen molar-refractivity contribution in [2.24, 2.45) is 0 Å². The molecule has 6 aromatic rings. The third-order valence-corrected chi connectivity index (χ3v) is 21.5. The molecular formula is C56H58Cl2SiZr. The van der Waals surface area contributed by atoms with Crippen molar-refractivity contribution in [1.29, 1.82) is 0 Å². The van der Waals surface area contributed by atoms with Crippen LogP contribution in [-0.2, 0) is 36.1 Å². The van der Waals surface area contributed by atoms with Crippen molar-refractivity contribution in [2.45, 2.75) is 98.4 Å². The van der Waals surface area contributed by atoms with E-state index >= 15 is 0 Å². The molecule has 0 amide bonds. The van der Waals surface area contributed by atoms with Crippen LogP contribution in [0.4, 0.5) is 0 Å². The van der Waals surface area contributed by atoms with Gasteiger partial charge in [0.15, 0.2) is 0 Å². The van der Waals surface area contributed by atoms with Crippen LogP contribution in [0, 0.1) is 0 Å². The molecular weight excluding hydrogens is 863 g/mol. The summed E-state index contributed by atoms with van der Waals surface area (Å²) in [5.74, 6) is 0. The van der Waals surface area contributed by atoms with Crippen LogP contribution in [0.2, 0.25) is 13.1 Å². The minimum atomic E-state index is -2.46. The van der Waals surface area contributed by atoms with Gasteiger partial charge in [0.2, 0.25) is 0 Å². The molecule has 0 spiro atoms. The van der Waals surface area contributed by atoms with E-state index in [9.17, 15) is 0 Å². The van der Waals surface area contributed by atoms with Gasteiger partial charge in [0.25, 0.3) is 0 Å². The number of benzene rings is 6. The fraction of sp³-hybridized carbons (Fsp3) is 0.286. The van der Waals surface area contributed by atoms with Crippen molar-refractivity contribution in [1.82, 2.24) is 0 Å². The van der Waals surface area contributed by atoms with E-state index in [1.165, 1.54) is 109 Å². The molecule has 3 aliphatic rings. The van der Waals surface area contributed by atoms with E-state index in [4.69, 9.17) is 0 Å². The third kappa shape index (κ3) is 8.37. The SMILES string of the molecule is CCCCCCc1ccc(-c2cccc3c2C2=C(c4ccccc4)[CH]3[Zr+2][CH]3C(c4ccccc4)=C(c4c(-c5ccc(CCCCCC)cc5)cccc43)[Si]2(C)C)cc1.[Cl-].[Cl-]. The summed E-state index contributed by atoms with van der Waals surface area (Å²) < 4.78 is 0.958. The first-order valence-electron chi connectivity index (χ1n) is 22.3. The second kappa shape index (κ2) is 19.7. The quantitative estimate of drug-likeness (QED) is 0.0755. The number of hydrogen-bond acceptors (Lipinski definition) is 0. The topological polar surface area (TPSA) is 0 Å². The Morgan fingerprint density at radius 2 is 0.817 bits per heavy atom. The number of unbranched alkanes of at least 4 members (excludes halogenated alkanes) is 6. The molecule has 2 unspecified atom stereocenters. The first-order chi connectivity index (χ1) is 28.5. The van der Waals surface area contributed by atoms with Gasteiger partial charge in [0.1, 0.15) is 0 Å². The van der Waals surface area contributed by atoms with E-state index in [-0.39, 0.29) is 24.8 Å². The number of allylic oxidation sites excluding steroid dienone is 2. The minimum Gasteiger partial charge on any atom is -1.00 e. The fourth-order valence-electron chi connectivity index (χ4n) is 10.5. The van der Waals surface area contributed by atoms with Crippen molar-refractivity contribution < 1.29 is 48.0 Å². The van der Waals surface area contributed by atoms with E-state index in [1.807, 2.05) is 0 Å². The average molecular weight is 921 g/mol. The van der Waals surface area contributed by atoms with Gasteiger partial charge in [-0.25, -0.2) is 0 Å². The molecule has 2 atom stereocenters. The average Bonchev–Trinajstić information content (AvgIpc) is 3.80. The van der Waals surface area contributed by atoms with Crippen molar-refractivity contribution in [3.8, 4) is 22.3 Å². The first-order valence-corrected chi connectivity index (χ1v) is 28.1. The van der Waals surface area contributed by atoms with Crippen LogP contribution in [0.1, 0.15) is 117 Å². The van der Waals surface area contributed by atoms with E-state index in [1.54, 1.807) is 43.8 Å². The number of hydrogen-bond donors (Lipinski definition) is 0. The van der Waals surface area contributed by atoms with Crippen LogP contribution in [0.3, 0.4) is 0 Å². The molecule has 0 aromatic heterocycles. The van der Waals surface area contributed by atoms with Crippen LogP contribution in [0.25, 0.3) is 43.8 Å². The molecule has 1 aliphatic heterocycles. The zero-order chi connectivity index (χ0) is 39.6. The van der Waals surface area contributed by atoms with Crippen LogP contribution >= 0.6 is 0 Å². The molecule has 0 nitrogen and oxygen atoms in total. The van der Waals surface area contributed by atoms with Gasteiger partial charge in [0.05, 0.1) is 0 Å². The Labute approximate surface area is 385 Å². The fourth-order valence-corrected chi connectivity index (χ4v) is 20.5. The zero-order valence-corrected chi connectivity index (χ0v) is 40.8. The van der Waals surface area contributed by atoms with Gasteiger partial charge in [-0.2, -0.15) is 0 Å². The van der Waals surface area contributed by atoms with E-state index in [0.717, 1.165) is 0 Å². The van der Waals surface area contributed by atoms with Gasteiger partial charge in [-0.05, 0) is 0 Å². The number of halogens is 2. The molecule has 0 saturated carbocycles. The molecule has 0 saturated heterocycles. The summed E-state index contributed by atoms with van der Waals surface area (Å²) in [6, 6.07) is 57.3. The predicted octanol–water partition coefficient (Wildman–Crippen LogP) is 9.79. The zero-order valence-electron chi connectivity index (χ0n) is 35.8. The van der Waals surface area contributed by atoms with Crippen molar-refractivity contribution in [2.75, 3.05) is 0 Å². The Kier molecular flexibility index (Phi) is 14.6. The predicted molar refractivity (Wildman–Crippen MR) is 249 cm³/mol. The Morgan fingerprint density at radius 1 is 0.417 bits per heavy atom. The van der Waals surface area contributed by atoms with Gasteiger partial charge >= 0.3 is 337 Å². The second-order valence-corrected chi connectivity index (χ2v) is 25.4. The molecule has 304 valence electrons. The maximum absolute atomic E-state index is 2.71. The maximum Gasteiger partial charge on any atom is -1.00 e. The van der Waals surface area contributed by atoms with Gasteiger partial charge in [-0.15, -0.1) is 0 Å². The van der Waals surface area contributed by atoms with Crippen LogP contribution in [0.5, 0.6) is 0 Å². The second-order valence-electron chi connectivity index (χ2n) is 17.5. The number of fused-ring (bicyclic) bond motifs is 8. The third-order valence-electron chi connectivity index (χ3n) is 13.4. The van der Waals surface area contributed by atoms with Crippen LogP contribution < -0.4 is 24.8 Å². The normalized spacial score (nSPS) is 16.7. The Balaban J connectivity index is 0.00000272. The van der Waals surface area contributed by atoms with Gasteiger partial charge in [-0.3, -0.25) is 0 Å². The summed E-state index contributed by atoms with van der Waals surface area (Å²) in [6.07, 6.45) is 12.8. The standard InChI is InChI=1S/C56H58Si.2ClH.Zr/c1-5-7-9-13-21-41-31-35-45(36-32-41)49-29-19-27-47-39-51(43-23-15-11-16-24-43)55(53(47)49)57(3,4)56-52(44-25-17-12-18-26-44)40-48-28-20-30-50(54(48)56)46-37-33-42(34-38-46)22-14-10-8-6-2;;;/h11-12,15-20,23-40H,5-10,13-14,21-22H2,1-4H3;2*1H;/q;;;+2/p-2. The summed E-state index contributed by atoms with van der Waals surface area (Å²) >= 11 is -1.23. The van der Waals surface area contributed by atoms with Crippen LogP contribution in [-0.4, -0.2) is 8.07 Å². The molecule has 0 fully saturated rings. The molecule has 0 radical (unpaired) electrons. The van der Waals surface area contributed by atoms with Crippen molar-refractivity contribution in [3.63, 3.8) is 0 Å². The Hall–Kier alpha value is -3.52. The summed E-state index contributed by atoms with van der Waals surface area (Å²) in [5.41, 5.74) is 21.1. The summed E-state index contributed by atoms with van der Waals surface area (Å²) in [5, 5.41) is 3.37. The first kappa shape index (κ1) is 44.5. The van der Waals surface area contributed by atoms with E-state index < -0.39 is 31.3 Å². The van der Waals surface area contributed by atoms with Gasteiger partial charge in [-0.1, -0.05) is 26.7 Å². The smallest absolute Gasteiger partial charge is 1.00 e. The van der Waals surface area contributed by atoms with Crippen molar-refractivity contribution in [3.05, 3.63) is 190 Å². The van der Waals surface area contributed by atoms with E-state index in [0.29, 0.717) is 7.25 Å². The Morgan fingerprint density at radius 3 is 1.20 bits per heavy atom. The van der Waals surface area contributed by atoms with Gasteiger partial charge in [0, 0.05) is 0 Å². The Bertz CT molecular complexity index is 2290. The number of rotatable bonds is 14. The summed E-state index contributed by atoms with van der Waals surface area (Å²) in [6.45, 7) is 10.0. The summed E-state index contributed by atoms with van der Waals surface area (Å²) in [4.78, 5) is 0. The monoisotopic (exact) mass is 918 g/mol. The molecule has 0 N–H and O–H groups in total. The van der Waals surface area contributed by atoms with Crippen LogP contribution in [0.15, 0.2) is 146 Å². The molecule has 6 aromatic carbocycles. The molecule has 2 aliphatic carbocycles.